The van der Waals surface area contributed by atoms with E-state index in [9.17, 15) is 0 Å². The molecule has 1 aromatic carbocycles. The summed E-state index contributed by atoms with van der Waals surface area (Å²) in [6.07, 6.45) is 0.123. The molecule has 2 aromatic rings. The third kappa shape index (κ3) is 1.52. The Bertz CT molecular complexity index is 498. The Kier molecular flexibility index (Phi) is 2.42. The van der Waals surface area contributed by atoms with Gasteiger partial charge < -0.3 is 14.5 Å². The predicted molar refractivity (Wildman–Crippen MR) is 62.5 cm³/mol. The minimum absolute atomic E-state index is 0.123. The zero-order valence-corrected chi connectivity index (χ0v) is 9.32. The topological polar surface area (TPSA) is 34.4 Å². The Morgan fingerprint density at radius 2 is 2.19 bits per heavy atom. The van der Waals surface area contributed by atoms with Crippen LogP contribution < -0.4 is 5.32 Å². The van der Waals surface area contributed by atoms with Crippen LogP contribution >= 0.6 is 0 Å². The fourth-order valence-corrected chi connectivity index (χ4v) is 2.34. The maximum atomic E-state index is 5.79. The smallest absolute Gasteiger partial charge is 0.134 e. The summed E-state index contributed by atoms with van der Waals surface area (Å²) in [5.74, 6) is 0.968. The molecule has 1 aliphatic heterocycles. The maximum absolute atomic E-state index is 5.79. The molecule has 3 rings (SSSR count). The van der Waals surface area contributed by atoms with E-state index in [4.69, 9.17) is 9.15 Å². The number of ether oxygens (including phenoxy) is 1. The first-order chi connectivity index (χ1) is 7.86. The highest BCUT2D eigenvalue weighted by Gasteiger charge is 2.22. The van der Waals surface area contributed by atoms with Gasteiger partial charge in [-0.25, -0.2) is 0 Å². The average molecular weight is 217 g/mol. The average Bonchev–Trinajstić information content (AvgIpc) is 2.66. The highest BCUT2D eigenvalue weighted by Crippen LogP contribution is 2.32. The van der Waals surface area contributed by atoms with Crippen LogP contribution in [0.5, 0.6) is 0 Å². The molecule has 1 atom stereocenters. The quantitative estimate of drug-likeness (QED) is 0.796. The molecule has 3 nitrogen and oxygen atoms in total. The Labute approximate surface area is 94.4 Å². The molecule has 1 N–H and O–H groups in total. The molecule has 1 aliphatic rings. The Morgan fingerprint density at radius 3 is 3.00 bits per heavy atom. The molecule has 3 heteroatoms. The van der Waals surface area contributed by atoms with Gasteiger partial charge in [0.2, 0.25) is 0 Å². The van der Waals surface area contributed by atoms with Crippen molar-refractivity contribution in [3.05, 3.63) is 35.6 Å². The molecule has 1 aromatic heterocycles. The summed E-state index contributed by atoms with van der Waals surface area (Å²) in [5.41, 5.74) is 2.15. The number of furan rings is 1. The van der Waals surface area contributed by atoms with E-state index in [-0.39, 0.29) is 6.10 Å². The maximum Gasteiger partial charge on any atom is 0.134 e. The molecule has 0 amide bonds. The van der Waals surface area contributed by atoms with Crippen LogP contribution in [0.3, 0.4) is 0 Å². The molecule has 84 valence electrons. The number of fused-ring (bicyclic) bond motifs is 1. The third-order valence-electron chi connectivity index (χ3n) is 3.07. The van der Waals surface area contributed by atoms with Crippen LogP contribution in [0.4, 0.5) is 0 Å². The number of rotatable bonds is 1. The van der Waals surface area contributed by atoms with E-state index in [0.717, 1.165) is 31.0 Å². The van der Waals surface area contributed by atoms with Gasteiger partial charge in [0.25, 0.3) is 0 Å². The first kappa shape index (κ1) is 9.87. The number of nitrogens with one attached hydrogen (secondary N) is 1. The van der Waals surface area contributed by atoms with E-state index in [1.165, 1.54) is 10.9 Å². The Balaban J connectivity index is 2.10. The van der Waals surface area contributed by atoms with E-state index in [0.29, 0.717) is 0 Å². The van der Waals surface area contributed by atoms with Crippen LogP contribution in [0.15, 0.2) is 28.7 Å². The van der Waals surface area contributed by atoms with Gasteiger partial charge in [0.1, 0.15) is 11.3 Å². The van der Waals surface area contributed by atoms with Gasteiger partial charge in [0, 0.05) is 24.0 Å². The molecule has 0 radical (unpaired) electrons. The van der Waals surface area contributed by atoms with Crippen LogP contribution in [0, 0.1) is 6.92 Å². The summed E-state index contributed by atoms with van der Waals surface area (Å²) in [7, 11) is 0. The van der Waals surface area contributed by atoms with Gasteiger partial charge in [-0.3, -0.25) is 0 Å². The van der Waals surface area contributed by atoms with E-state index in [1.807, 2.05) is 25.1 Å². The zero-order valence-electron chi connectivity index (χ0n) is 9.32. The molecule has 1 fully saturated rings. The molecule has 16 heavy (non-hydrogen) atoms. The van der Waals surface area contributed by atoms with Gasteiger partial charge in [-0.1, -0.05) is 18.2 Å². The van der Waals surface area contributed by atoms with Crippen molar-refractivity contribution < 1.29 is 9.15 Å². The molecular weight excluding hydrogens is 202 g/mol. The van der Waals surface area contributed by atoms with Crippen molar-refractivity contribution in [2.45, 2.75) is 13.0 Å². The van der Waals surface area contributed by atoms with Crippen molar-refractivity contribution in [2.75, 3.05) is 19.7 Å². The number of hydrogen-bond acceptors (Lipinski definition) is 3. The molecule has 2 heterocycles. The van der Waals surface area contributed by atoms with Crippen LogP contribution in [0.2, 0.25) is 0 Å². The first-order valence-corrected chi connectivity index (χ1v) is 5.66. The van der Waals surface area contributed by atoms with Gasteiger partial charge >= 0.3 is 0 Å². The van der Waals surface area contributed by atoms with E-state index in [1.54, 1.807) is 0 Å². The summed E-state index contributed by atoms with van der Waals surface area (Å²) >= 11 is 0. The largest absolute Gasteiger partial charge is 0.461 e. The fraction of sp³-hybridized carbons (Fsp3) is 0.385. The van der Waals surface area contributed by atoms with E-state index < -0.39 is 0 Å². The molecule has 0 saturated carbocycles. The van der Waals surface area contributed by atoms with Gasteiger partial charge in [-0.05, 0) is 13.0 Å². The number of benzene rings is 1. The summed E-state index contributed by atoms with van der Waals surface area (Å²) < 4.78 is 11.5. The Morgan fingerprint density at radius 1 is 1.31 bits per heavy atom. The minimum atomic E-state index is 0.123. The second kappa shape index (κ2) is 3.92. The van der Waals surface area contributed by atoms with Gasteiger partial charge in [0.05, 0.1) is 12.7 Å². The standard InChI is InChI=1S/C13H15NO2/c1-9-13(12-8-14-6-7-15-12)10-4-2-3-5-11(10)16-9/h2-5,12,14H,6-8H2,1H3. The summed E-state index contributed by atoms with van der Waals surface area (Å²) in [6, 6.07) is 8.13. The van der Waals surface area contributed by atoms with Crippen molar-refractivity contribution in [2.24, 2.45) is 0 Å². The van der Waals surface area contributed by atoms with Crippen molar-refractivity contribution in [1.29, 1.82) is 0 Å². The number of aryl methyl sites for hydroxylation is 1. The lowest BCUT2D eigenvalue weighted by Crippen LogP contribution is -2.33. The SMILES string of the molecule is Cc1oc2ccccc2c1C1CNCCO1. The molecule has 0 bridgehead atoms. The van der Waals surface area contributed by atoms with Crippen LogP contribution in [-0.2, 0) is 4.74 Å². The normalized spacial score (nSPS) is 21.4. The summed E-state index contributed by atoms with van der Waals surface area (Å²) in [6.45, 7) is 4.58. The van der Waals surface area contributed by atoms with Gasteiger partial charge in [0.15, 0.2) is 0 Å². The lowest BCUT2D eigenvalue weighted by Gasteiger charge is -2.23. The van der Waals surface area contributed by atoms with E-state index in [2.05, 4.69) is 11.4 Å². The second-order valence-electron chi connectivity index (χ2n) is 4.13. The van der Waals surface area contributed by atoms with Crippen molar-refractivity contribution >= 4 is 11.0 Å². The molecule has 1 saturated heterocycles. The Hall–Kier alpha value is -1.32. The number of para-hydroxylation sites is 1. The molecule has 1 unspecified atom stereocenters. The first-order valence-electron chi connectivity index (χ1n) is 5.66. The monoisotopic (exact) mass is 217 g/mol. The lowest BCUT2D eigenvalue weighted by molar-refractivity contribution is 0.0276. The van der Waals surface area contributed by atoms with Crippen LogP contribution in [-0.4, -0.2) is 19.7 Å². The molecule has 0 spiro atoms. The van der Waals surface area contributed by atoms with Crippen molar-refractivity contribution in [3.63, 3.8) is 0 Å². The lowest BCUT2D eigenvalue weighted by atomic mass is 10.0. The zero-order chi connectivity index (χ0) is 11.0. The highest BCUT2D eigenvalue weighted by atomic mass is 16.5. The van der Waals surface area contributed by atoms with Crippen molar-refractivity contribution in [3.8, 4) is 0 Å². The number of hydrogen-bond donors (Lipinski definition) is 1. The second-order valence-corrected chi connectivity index (χ2v) is 4.13. The predicted octanol–water partition coefficient (Wildman–Crippen LogP) is 2.40. The van der Waals surface area contributed by atoms with Crippen molar-refractivity contribution in [1.82, 2.24) is 5.32 Å². The van der Waals surface area contributed by atoms with E-state index >= 15 is 0 Å². The highest BCUT2D eigenvalue weighted by molar-refractivity contribution is 5.82. The molecule has 0 aliphatic carbocycles. The summed E-state index contributed by atoms with van der Waals surface area (Å²) in [4.78, 5) is 0. The van der Waals surface area contributed by atoms with Crippen LogP contribution in [0.25, 0.3) is 11.0 Å². The minimum Gasteiger partial charge on any atom is -0.461 e. The fourth-order valence-electron chi connectivity index (χ4n) is 2.34. The number of morpholine rings is 1. The summed E-state index contributed by atoms with van der Waals surface area (Å²) in [5, 5.41) is 4.52. The van der Waals surface area contributed by atoms with Gasteiger partial charge in [-0.2, -0.15) is 0 Å². The third-order valence-corrected chi connectivity index (χ3v) is 3.07. The molecular formula is C13H15NO2. The van der Waals surface area contributed by atoms with Crippen LogP contribution in [0.1, 0.15) is 17.4 Å². The van der Waals surface area contributed by atoms with Gasteiger partial charge in [-0.15, -0.1) is 0 Å².